The Kier molecular flexibility index (Phi) is 4.15. The highest BCUT2D eigenvalue weighted by Gasteiger charge is 2.20. The van der Waals surface area contributed by atoms with E-state index in [1.807, 2.05) is 30.3 Å². The molecule has 1 aromatic carbocycles. The van der Waals surface area contributed by atoms with E-state index in [2.05, 4.69) is 4.90 Å². The Bertz CT molecular complexity index is 358. The van der Waals surface area contributed by atoms with Crippen LogP contribution in [-0.4, -0.2) is 30.4 Å². The minimum atomic E-state index is -0.296. The molecule has 0 aromatic heterocycles. The first kappa shape index (κ1) is 12.1. The van der Waals surface area contributed by atoms with Crippen LogP contribution in [0.25, 0.3) is 0 Å². The van der Waals surface area contributed by atoms with E-state index in [1.54, 1.807) is 0 Å². The summed E-state index contributed by atoms with van der Waals surface area (Å²) >= 11 is 0. The lowest BCUT2D eigenvalue weighted by Gasteiger charge is -2.18. The number of hydrogen-bond donors (Lipinski definition) is 1. The molecule has 17 heavy (non-hydrogen) atoms. The molecule has 0 aliphatic carbocycles. The third-order valence-corrected chi connectivity index (χ3v) is 3.30. The number of rotatable bonds is 5. The first-order chi connectivity index (χ1) is 8.27. The van der Waals surface area contributed by atoms with Crippen molar-refractivity contribution in [3.05, 3.63) is 41.8 Å². The number of carbonyl (C=O) groups is 1. The van der Waals surface area contributed by atoms with Crippen LogP contribution >= 0.6 is 0 Å². The number of nitrogens with two attached hydrogens (primary N) is 1. The maximum absolute atomic E-state index is 11.5. The van der Waals surface area contributed by atoms with E-state index in [0.29, 0.717) is 0 Å². The normalized spacial score (nSPS) is 16.5. The SMILES string of the molecule is NC(=O)[C](CCN1CCCC1)c1ccccc1. The number of hydrogen-bond acceptors (Lipinski definition) is 2. The van der Waals surface area contributed by atoms with E-state index in [9.17, 15) is 4.79 Å². The van der Waals surface area contributed by atoms with Crippen LogP contribution in [-0.2, 0) is 4.79 Å². The highest BCUT2D eigenvalue weighted by molar-refractivity contribution is 5.92. The molecule has 1 heterocycles. The molecule has 0 atom stereocenters. The van der Waals surface area contributed by atoms with E-state index < -0.39 is 0 Å². The Morgan fingerprint density at radius 1 is 1.18 bits per heavy atom. The van der Waals surface area contributed by atoms with Crippen molar-refractivity contribution in [2.45, 2.75) is 19.3 Å². The predicted molar refractivity (Wildman–Crippen MR) is 68.3 cm³/mol. The van der Waals surface area contributed by atoms with Gasteiger partial charge in [0, 0.05) is 0 Å². The van der Waals surface area contributed by atoms with Crippen molar-refractivity contribution in [3.63, 3.8) is 0 Å². The second kappa shape index (κ2) is 5.82. The molecule has 3 nitrogen and oxygen atoms in total. The van der Waals surface area contributed by atoms with Crippen molar-refractivity contribution >= 4 is 5.91 Å². The van der Waals surface area contributed by atoms with E-state index in [4.69, 9.17) is 5.73 Å². The predicted octanol–water partition coefficient (Wildman–Crippen LogP) is 1.58. The van der Waals surface area contributed by atoms with Gasteiger partial charge < -0.3 is 10.6 Å². The van der Waals surface area contributed by atoms with Gasteiger partial charge in [0.05, 0.1) is 5.92 Å². The Labute approximate surface area is 103 Å². The van der Waals surface area contributed by atoms with Crippen molar-refractivity contribution in [1.29, 1.82) is 0 Å². The monoisotopic (exact) mass is 231 g/mol. The van der Waals surface area contributed by atoms with Crippen LogP contribution in [0, 0.1) is 5.92 Å². The van der Waals surface area contributed by atoms with Gasteiger partial charge in [-0.3, -0.25) is 4.79 Å². The van der Waals surface area contributed by atoms with Gasteiger partial charge >= 0.3 is 0 Å². The molecule has 0 unspecified atom stereocenters. The minimum absolute atomic E-state index is 0.296. The highest BCUT2D eigenvalue weighted by atomic mass is 16.1. The van der Waals surface area contributed by atoms with Gasteiger partial charge in [-0.05, 0) is 44.5 Å². The molecule has 1 aromatic rings. The molecule has 1 aliphatic heterocycles. The third-order valence-electron chi connectivity index (χ3n) is 3.30. The Balaban J connectivity index is 1.95. The molecule has 1 saturated heterocycles. The first-order valence-electron chi connectivity index (χ1n) is 6.21. The summed E-state index contributed by atoms with van der Waals surface area (Å²) in [6, 6.07) is 9.72. The van der Waals surface area contributed by atoms with E-state index in [1.165, 1.54) is 12.8 Å². The molecule has 1 aliphatic rings. The van der Waals surface area contributed by atoms with Crippen LogP contribution in [0.1, 0.15) is 24.8 Å². The molecule has 1 fully saturated rings. The van der Waals surface area contributed by atoms with Crippen molar-refractivity contribution < 1.29 is 4.79 Å². The van der Waals surface area contributed by atoms with Gasteiger partial charge in [-0.1, -0.05) is 30.3 Å². The van der Waals surface area contributed by atoms with Gasteiger partial charge in [0.1, 0.15) is 0 Å². The largest absolute Gasteiger partial charge is 0.369 e. The topological polar surface area (TPSA) is 46.3 Å². The van der Waals surface area contributed by atoms with Crippen LogP contribution in [0.2, 0.25) is 0 Å². The highest BCUT2D eigenvalue weighted by Crippen LogP contribution is 2.19. The third kappa shape index (κ3) is 3.30. The lowest BCUT2D eigenvalue weighted by molar-refractivity contribution is -0.116. The molecule has 0 bridgehead atoms. The molecule has 2 N–H and O–H groups in total. The Hall–Kier alpha value is -1.35. The van der Waals surface area contributed by atoms with E-state index in [0.717, 1.165) is 37.5 Å². The maximum Gasteiger partial charge on any atom is 0.229 e. The standard InChI is InChI=1S/C14H19N2O/c15-14(17)13(12-6-2-1-3-7-12)8-11-16-9-4-5-10-16/h1-3,6-7H,4-5,8-11H2,(H2,15,17). The van der Waals surface area contributed by atoms with Gasteiger partial charge in [-0.25, -0.2) is 0 Å². The minimum Gasteiger partial charge on any atom is -0.369 e. The summed E-state index contributed by atoms with van der Waals surface area (Å²) in [4.78, 5) is 13.9. The summed E-state index contributed by atoms with van der Waals surface area (Å²) in [6.07, 6.45) is 3.30. The zero-order valence-electron chi connectivity index (χ0n) is 10.1. The van der Waals surface area contributed by atoms with Crippen molar-refractivity contribution in [3.8, 4) is 0 Å². The summed E-state index contributed by atoms with van der Waals surface area (Å²) in [5.41, 5.74) is 6.42. The van der Waals surface area contributed by atoms with Crippen LogP contribution < -0.4 is 5.73 Å². The zero-order valence-corrected chi connectivity index (χ0v) is 10.1. The molecule has 1 radical (unpaired) electrons. The quantitative estimate of drug-likeness (QED) is 0.836. The molecule has 0 saturated carbocycles. The molecule has 2 rings (SSSR count). The first-order valence-corrected chi connectivity index (χ1v) is 6.21. The van der Waals surface area contributed by atoms with Crippen molar-refractivity contribution in [2.75, 3.05) is 19.6 Å². The number of benzene rings is 1. The second-order valence-electron chi connectivity index (χ2n) is 4.51. The van der Waals surface area contributed by atoms with Gasteiger partial charge in [-0.15, -0.1) is 0 Å². The van der Waals surface area contributed by atoms with E-state index in [-0.39, 0.29) is 5.91 Å². The molecular weight excluding hydrogens is 212 g/mol. The number of primary amides is 1. The van der Waals surface area contributed by atoms with Crippen molar-refractivity contribution in [2.24, 2.45) is 5.73 Å². The Morgan fingerprint density at radius 2 is 1.82 bits per heavy atom. The Morgan fingerprint density at radius 3 is 2.41 bits per heavy atom. The lowest BCUT2D eigenvalue weighted by Crippen LogP contribution is -2.28. The van der Waals surface area contributed by atoms with Gasteiger partial charge in [0.2, 0.25) is 5.91 Å². The molecule has 91 valence electrons. The molecule has 0 spiro atoms. The zero-order chi connectivity index (χ0) is 12.1. The van der Waals surface area contributed by atoms with E-state index >= 15 is 0 Å². The maximum atomic E-state index is 11.5. The van der Waals surface area contributed by atoms with Crippen LogP contribution in [0.4, 0.5) is 0 Å². The summed E-state index contributed by atoms with van der Waals surface area (Å²) in [5.74, 6) is 0.452. The fourth-order valence-corrected chi connectivity index (χ4v) is 2.33. The average Bonchev–Trinajstić information content (AvgIpc) is 2.83. The number of carbonyl (C=O) groups excluding carboxylic acids is 1. The van der Waals surface area contributed by atoms with Crippen LogP contribution in [0.15, 0.2) is 30.3 Å². The number of amides is 1. The summed E-state index contributed by atoms with van der Waals surface area (Å²) < 4.78 is 0. The van der Waals surface area contributed by atoms with Crippen molar-refractivity contribution in [1.82, 2.24) is 4.90 Å². The van der Waals surface area contributed by atoms with Gasteiger partial charge in [0.25, 0.3) is 0 Å². The summed E-state index contributed by atoms with van der Waals surface area (Å²) in [6.45, 7) is 3.24. The fraction of sp³-hybridized carbons (Fsp3) is 0.429. The smallest absolute Gasteiger partial charge is 0.229 e. The molecular formula is C14H19N2O. The number of nitrogens with zero attached hydrogens (tertiary/aromatic N) is 1. The fourth-order valence-electron chi connectivity index (χ4n) is 2.33. The van der Waals surface area contributed by atoms with Crippen LogP contribution in [0.3, 0.4) is 0 Å². The summed E-state index contributed by atoms with van der Waals surface area (Å²) in [7, 11) is 0. The molecule has 1 amide bonds. The van der Waals surface area contributed by atoms with Crippen LogP contribution in [0.5, 0.6) is 0 Å². The molecule has 3 heteroatoms. The van der Waals surface area contributed by atoms with Gasteiger partial charge in [0.15, 0.2) is 0 Å². The lowest BCUT2D eigenvalue weighted by atomic mass is 9.95. The van der Waals surface area contributed by atoms with Gasteiger partial charge in [-0.2, -0.15) is 0 Å². The second-order valence-corrected chi connectivity index (χ2v) is 4.51. The number of likely N-dealkylation sites (tertiary alicyclic amines) is 1. The average molecular weight is 231 g/mol. The summed E-state index contributed by atoms with van der Waals surface area (Å²) in [5, 5.41) is 0.